The summed E-state index contributed by atoms with van der Waals surface area (Å²) in [5.41, 5.74) is 0. The summed E-state index contributed by atoms with van der Waals surface area (Å²) >= 11 is 0. The number of carbonyl (C=O) groups is 2. The molecule has 0 aliphatic carbocycles. The van der Waals surface area contributed by atoms with Crippen LogP contribution < -0.4 is 31.9 Å². The Hall–Kier alpha value is -1.22. The van der Waals surface area contributed by atoms with Crippen molar-refractivity contribution < 1.29 is 9.59 Å². The van der Waals surface area contributed by atoms with Crippen LogP contribution in [0.2, 0.25) is 0 Å². The molecule has 0 spiro atoms. The predicted octanol–water partition coefficient (Wildman–Crippen LogP) is -1.22. The van der Waals surface area contributed by atoms with Gasteiger partial charge in [-0.3, -0.25) is 9.59 Å². The minimum atomic E-state index is -0.229. The van der Waals surface area contributed by atoms with E-state index in [1.165, 1.54) is 0 Å². The Bertz CT molecular complexity index is 354. The molecule has 2 amide bonds. The van der Waals surface area contributed by atoms with E-state index in [4.69, 9.17) is 0 Å². The minimum absolute atomic E-state index is 0.0267. The number of rotatable bonds is 16. The Labute approximate surface area is 152 Å². The quantitative estimate of drug-likeness (QED) is 0.193. The summed E-state index contributed by atoms with van der Waals surface area (Å²) in [4.78, 5) is 24.6. The first kappa shape index (κ1) is 23.8. The number of likely N-dealkylation sites (N-methyl/N-ethyl adjacent to an activating group) is 2. The van der Waals surface area contributed by atoms with Crippen molar-refractivity contribution in [2.45, 2.75) is 44.2 Å². The van der Waals surface area contributed by atoms with Crippen LogP contribution in [0, 0.1) is 0 Å². The van der Waals surface area contributed by atoms with E-state index in [0.717, 1.165) is 45.3 Å². The van der Waals surface area contributed by atoms with Gasteiger partial charge in [0, 0.05) is 25.6 Å². The molecule has 0 bridgehead atoms. The Balaban J connectivity index is 4.51. The molecule has 0 radical (unpaired) electrons. The highest BCUT2D eigenvalue weighted by Crippen LogP contribution is 2.05. The Morgan fingerprint density at radius 1 is 0.800 bits per heavy atom. The molecule has 0 aromatic heterocycles. The van der Waals surface area contributed by atoms with Crippen LogP contribution in [0.5, 0.6) is 0 Å². The third-order valence-electron chi connectivity index (χ3n) is 4.04. The monoisotopic (exact) mass is 358 g/mol. The topological polar surface area (TPSA) is 106 Å². The third kappa shape index (κ3) is 12.7. The molecular formula is C17H38N6O2. The second-order valence-corrected chi connectivity index (χ2v) is 6.20. The Morgan fingerprint density at radius 3 is 1.96 bits per heavy atom. The standard InChI is InChI=1S/C17H38N6O2/c1-18-9-5-7-14(13-16(24)22-12-11-20-3)23-17(25)15(21-4)8-6-10-19-2/h14-15,18-21H,5-13H2,1-4H3,(H,22,24)(H,23,25)/t14-,15-/m0/s1. The first-order valence-electron chi connectivity index (χ1n) is 9.27. The summed E-state index contributed by atoms with van der Waals surface area (Å²) in [6.45, 7) is 3.07. The molecule has 148 valence electrons. The van der Waals surface area contributed by atoms with Gasteiger partial charge < -0.3 is 31.9 Å². The molecule has 8 heteroatoms. The van der Waals surface area contributed by atoms with Gasteiger partial charge in [0.25, 0.3) is 0 Å². The van der Waals surface area contributed by atoms with E-state index in [0.29, 0.717) is 13.0 Å². The molecule has 0 heterocycles. The first-order valence-corrected chi connectivity index (χ1v) is 9.27. The molecule has 0 aliphatic heterocycles. The fourth-order valence-electron chi connectivity index (χ4n) is 2.56. The summed E-state index contributed by atoms with van der Waals surface area (Å²) in [7, 11) is 7.44. The minimum Gasteiger partial charge on any atom is -0.355 e. The van der Waals surface area contributed by atoms with E-state index < -0.39 is 0 Å². The lowest BCUT2D eigenvalue weighted by Crippen LogP contribution is -2.48. The molecular weight excluding hydrogens is 320 g/mol. The number of carbonyl (C=O) groups excluding carboxylic acids is 2. The van der Waals surface area contributed by atoms with Crippen LogP contribution in [0.4, 0.5) is 0 Å². The highest BCUT2D eigenvalue weighted by molar-refractivity contribution is 5.83. The Kier molecular flexibility index (Phi) is 15.5. The highest BCUT2D eigenvalue weighted by Gasteiger charge is 2.21. The van der Waals surface area contributed by atoms with Crippen molar-refractivity contribution >= 4 is 11.8 Å². The molecule has 0 fully saturated rings. The van der Waals surface area contributed by atoms with Crippen molar-refractivity contribution in [3.05, 3.63) is 0 Å². The molecule has 0 aliphatic rings. The van der Waals surface area contributed by atoms with Crippen LogP contribution >= 0.6 is 0 Å². The van der Waals surface area contributed by atoms with Crippen molar-refractivity contribution in [2.24, 2.45) is 0 Å². The average Bonchev–Trinajstić information content (AvgIpc) is 2.59. The van der Waals surface area contributed by atoms with Crippen LogP contribution in [-0.4, -0.2) is 78.3 Å². The van der Waals surface area contributed by atoms with Crippen LogP contribution in [0.3, 0.4) is 0 Å². The zero-order valence-corrected chi connectivity index (χ0v) is 16.3. The molecule has 0 unspecified atom stereocenters. The lowest BCUT2D eigenvalue weighted by Gasteiger charge is -2.22. The van der Waals surface area contributed by atoms with E-state index in [9.17, 15) is 9.59 Å². The Morgan fingerprint density at radius 2 is 1.40 bits per heavy atom. The normalized spacial score (nSPS) is 13.3. The number of hydrogen-bond donors (Lipinski definition) is 6. The van der Waals surface area contributed by atoms with Crippen molar-refractivity contribution in [2.75, 3.05) is 54.4 Å². The van der Waals surface area contributed by atoms with Gasteiger partial charge in [0.15, 0.2) is 0 Å². The number of nitrogens with one attached hydrogen (secondary N) is 6. The smallest absolute Gasteiger partial charge is 0.237 e. The van der Waals surface area contributed by atoms with E-state index in [-0.39, 0.29) is 23.9 Å². The van der Waals surface area contributed by atoms with Crippen LogP contribution in [0.25, 0.3) is 0 Å². The molecule has 2 atom stereocenters. The molecule has 0 saturated carbocycles. The molecule has 0 aromatic carbocycles. The van der Waals surface area contributed by atoms with Gasteiger partial charge in [-0.1, -0.05) is 0 Å². The largest absolute Gasteiger partial charge is 0.355 e. The first-order chi connectivity index (χ1) is 12.1. The maximum Gasteiger partial charge on any atom is 0.237 e. The van der Waals surface area contributed by atoms with Gasteiger partial charge in [0.1, 0.15) is 0 Å². The lowest BCUT2D eigenvalue weighted by molar-refractivity contribution is -0.125. The third-order valence-corrected chi connectivity index (χ3v) is 4.04. The van der Waals surface area contributed by atoms with Crippen molar-refractivity contribution in [3.63, 3.8) is 0 Å². The molecule has 25 heavy (non-hydrogen) atoms. The van der Waals surface area contributed by atoms with E-state index >= 15 is 0 Å². The fraction of sp³-hybridized carbons (Fsp3) is 0.882. The highest BCUT2D eigenvalue weighted by atomic mass is 16.2. The summed E-state index contributed by atoms with van der Waals surface area (Å²) in [5, 5.41) is 18.2. The lowest BCUT2D eigenvalue weighted by atomic mass is 10.1. The van der Waals surface area contributed by atoms with Gasteiger partial charge in [-0.05, 0) is 67.0 Å². The van der Waals surface area contributed by atoms with E-state index in [1.54, 1.807) is 7.05 Å². The van der Waals surface area contributed by atoms with E-state index in [2.05, 4.69) is 31.9 Å². The molecule has 0 aromatic rings. The summed E-state index contributed by atoms with van der Waals surface area (Å²) in [6, 6.07) is -0.372. The van der Waals surface area contributed by atoms with Crippen molar-refractivity contribution in [1.82, 2.24) is 31.9 Å². The number of hydrogen-bond acceptors (Lipinski definition) is 6. The maximum atomic E-state index is 12.5. The second-order valence-electron chi connectivity index (χ2n) is 6.20. The van der Waals surface area contributed by atoms with Crippen LogP contribution in [0.15, 0.2) is 0 Å². The second kappa shape index (κ2) is 16.3. The van der Waals surface area contributed by atoms with E-state index in [1.807, 2.05) is 21.1 Å². The van der Waals surface area contributed by atoms with Crippen molar-refractivity contribution in [3.8, 4) is 0 Å². The van der Waals surface area contributed by atoms with Gasteiger partial charge in [0.2, 0.25) is 11.8 Å². The average molecular weight is 359 g/mol. The summed E-state index contributed by atoms with van der Waals surface area (Å²) in [6.07, 6.45) is 3.69. The maximum absolute atomic E-state index is 12.5. The zero-order chi connectivity index (χ0) is 18.9. The fourth-order valence-corrected chi connectivity index (χ4v) is 2.56. The van der Waals surface area contributed by atoms with Gasteiger partial charge in [-0.25, -0.2) is 0 Å². The summed E-state index contributed by atoms with van der Waals surface area (Å²) < 4.78 is 0. The SMILES string of the molecule is CNCCC[C@@H](CC(=O)NCCNC)NC(=O)[C@H](CCCNC)NC. The van der Waals surface area contributed by atoms with Gasteiger partial charge in [0.05, 0.1) is 6.04 Å². The van der Waals surface area contributed by atoms with Crippen molar-refractivity contribution in [1.29, 1.82) is 0 Å². The van der Waals surface area contributed by atoms with Gasteiger partial charge in [-0.2, -0.15) is 0 Å². The number of amides is 2. The molecule has 8 nitrogen and oxygen atoms in total. The van der Waals surface area contributed by atoms with Gasteiger partial charge in [-0.15, -0.1) is 0 Å². The van der Waals surface area contributed by atoms with Crippen LogP contribution in [0.1, 0.15) is 32.1 Å². The predicted molar refractivity (Wildman–Crippen MR) is 103 cm³/mol. The van der Waals surface area contributed by atoms with Crippen LogP contribution in [-0.2, 0) is 9.59 Å². The van der Waals surface area contributed by atoms with Gasteiger partial charge >= 0.3 is 0 Å². The zero-order valence-electron chi connectivity index (χ0n) is 16.3. The molecule has 6 N–H and O–H groups in total. The molecule has 0 saturated heterocycles. The summed E-state index contributed by atoms with van der Waals surface area (Å²) in [5.74, 6) is -0.0581. The molecule has 0 rings (SSSR count).